The first-order valence-electron chi connectivity index (χ1n) is 6.51. The SMILES string of the molecule is CCCCOC(=O)CCC(O)c1ccc(OC)nc1. The van der Waals surface area contributed by atoms with E-state index in [0.29, 0.717) is 24.5 Å². The monoisotopic (exact) mass is 267 g/mol. The fraction of sp³-hybridized carbons (Fsp3) is 0.571. The largest absolute Gasteiger partial charge is 0.481 e. The summed E-state index contributed by atoms with van der Waals surface area (Å²) in [6.07, 6.45) is 3.24. The molecule has 1 aromatic rings. The molecular weight excluding hydrogens is 246 g/mol. The number of rotatable bonds is 8. The second kappa shape index (κ2) is 8.48. The first-order valence-corrected chi connectivity index (χ1v) is 6.51. The maximum absolute atomic E-state index is 11.4. The highest BCUT2D eigenvalue weighted by atomic mass is 16.5. The van der Waals surface area contributed by atoms with Gasteiger partial charge >= 0.3 is 5.97 Å². The van der Waals surface area contributed by atoms with Crippen molar-refractivity contribution in [2.24, 2.45) is 0 Å². The Morgan fingerprint density at radius 3 is 2.84 bits per heavy atom. The fourth-order valence-electron chi connectivity index (χ4n) is 1.53. The number of hydrogen-bond donors (Lipinski definition) is 1. The third-order valence-corrected chi connectivity index (χ3v) is 2.74. The van der Waals surface area contributed by atoms with E-state index < -0.39 is 6.10 Å². The van der Waals surface area contributed by atoms with Crippen LogP contribution in [-0.2, 0) is 9.53 Å². The summed E-state index contributed by atoms with van der Waals surface area (Å²) < 4.78 is 9.95. The van der Waals surface area contributed by atoms with Gasteiger partial charge in [0.05, 0.1) is 19.8 Å². The Balaban J connectivity index is 2.33. The number of aliphatic hydroxyl groups is 1. The van der Waals surface area contributed by atoms with Gasteiger partial charge in [-0.15, -0.1) is 0 Å². The number of esters is 1. The summed E-state index contributed by atoms with van der Waals surface area (Å²) in [5.41, 5.74) is 0.669. The van der Waals surface area contributed by atoms with Gasteiger partial charge in [-0.05, 0) is 24.5 Å². The van der Waals surface area contributed by atoms with Gasteiger partial charge in [-0.3, -0.25) is 4.79 Å². The summed E-state index contributed by atoms with van der Waals surface area (Å²) in [4.78, 5) is 15.4. The summed E-state index contributed by atoms with van der Waals surface area (Å²) in [6, 6.07) is 3.41. The van der Waals surface area contributed by atoms with Gasteiger partial charge in [0.15, 0.2) is 0 Å². The van der Waals surface area contributed by atoms with Crippen LogP contribution >= 0.6 is 0 Å². The van der Waals surface area contributed by atoms with E-state index in [0.717, 1.165) is 12.8 Å². The number of hydrogen-bond acceptors (Lipinski definition) is 5. The van der Waals surface area contributed by atoms with Crippen molar-refractivity contribution in [1.29, 1.82) is 0 Å². The fourth-order valence-corrected chi connectivity index (χ4v) is 1.53. The molecule has 1 rings (SSSR count). The van der Waals surface area contributed by atoms with Crippen LogP contribution in [0.2, 0.25) is 0 Å². The molecular formula is C14H21NO4. The lowest BCUT2D eigenvalue weighted by atomic mass is 10.1. The third kappa shape index (κ3) is 5.70. The minimum absolute atomic E-state index is 0.205. The molecule has 0 aromatic carbocycles. The predicted octanol–water partition coefficient (Wildman–Crippen LogP) is 2.25. The molecule has 0 aliphatic heterocycles. The quantitative estimate of drug-likeness (QED) is 0.578. The maximum atomic E-state index is 11.4. The number of carbonyl (C=O) groups is 1. The molecule has 0 amide bonds. The highest BCUT2D eigenvalue weighted by Gasteiger charge is 2.11. The minimum atomic E-state index is -0.711. The van der Waals surface area contributed by atoms with E-state index in [4.69, 9.17) is 9.47 Å². The topological polar surface area (TPSA) is 68.7 Å². The predicted molar refractivity (Wildman–Crippen MR) is 70.8 cm³/mol. The smallest absolute Gasteiger partial charge is 0.305 e. The van der Waals surface area contributed by atoms with Crippen LogP contribution in [-0.4, -0.2) is 29.8 Å². The lowest BCUT2D eigenvalue weighted by Gasteiger charge is -2.10. The molecule has 1 aromatic heterocycles. The minimum Gasteiger partial charge on any atom is -0.481 e. The van der Waals surface area contributed by atoms with Gasteiger partial charge in [0.2, 0.25) is 5.88 Å². The van der Waals surface area contributed by atoms with Crippen LogP contribution in [0, 0.1) is 0 Å². The number of aliphatic hydroxyl groups excluding tert-OH is 1. The van der Waals surface area contributed by atoms with E-state index in [-0.39, 0.29) is 12.4 Å². The Kier molecular flexibility index (Phi) is 6.89. The Morgan fingerprint density at radius 1 is 1.47 bits per heavy atom. The van der Waals surface area contributed by atoms with E-state index >= 15 is 0 Å². The summed E-state index contributed by atoms with van der Waals surface area (Å²) in [7, 11) is 1.53. The maximum Gasteiger partial charge on any atom is 0.305 e. The molecule has 1 heterocycles. The van der Waals surface area contributed by atoms with Crippen LogP contribution in [0.1, 0.15) is 44.3 Å². The molecule has 106 valence electrons. The van der Waals surface area contributed by atoms with Crippen LogP contribution in [0.15, 0.2) is 18.3 Å². The van der Waals surface area contributed by atoms with Gasteiger partial charge in [0.1, 0.15) is 0 Å². The van der Waals surface area contributed by atoms with E-state index in [2.05, 4.69) is 4.98 Å². The van der Waals surface area contributed by atoms with Gasteiger partial charge in [-0.1, -0.05) is 13.3 Å². The zero-order chi connectivity index (χ0) is 14.1. The van der Waals surface area contributed by atoms with Gasteiger partial charge < -0.3 is 14.6 Å². The highest BCUT2D eigenvalue weighted by Crippen LogP contribution is 2.19. The number of pyridine rings is 1. The van der Waals surface area contributed by atoms with Crippen LogP contribution in [0.5, 0.6) is 5.88 Å². The summed E-state index contributed by atoms with van der Waals surface area (Å²) >= 11 is 0. The van der Waals surface area contributed by atoms with Crippen molar-refractivity contribution in [1.82, 2.24) is 4.98 Å². The van der Waals surface area contributed by atoms with Crippen LogP contribution in [0.25, 0.3) is 0 Å². The molecule has 0 saturated heterocycles. The van der Waals surface area contributed by atoms with Crippen molar-refractivity contribution in [3.05, 3.63) is 23.9 Å². The molecule has 1 unspecified atom stereocenters. The number of ether oxygens (including phenoxy) is 2. The van der Waals surface area contributed by atoms with Crippen molar-refractivity contribution >= 4 is 5.97 Å². The van der Waals surface area contributed by atoms with Gasteiger partial charge in [-0.25, -0.2) is 4.98 Å². The number of unbranched alkanes of at least 4 members (excludes halogenated alkanes) is 1. The highest BCUT2D eigenvalue weighted by molar-refractivity contribution is 5.69. The molecule has 0 spiro atoms. The van der Waals surface area contributed by atoms with E-state index in [1.807, 2.05) is 6.92 Å². The molecule has 1 atom stereocenters. The van der Waals surface area contributed by atoms with E-state index in [1.54, 1.807) is 18.3 Å². The second-order valence-electron chi connectivity index (χ2n) is 4.26. The number of aromatic nitrogens is 1. The Bertz CT molecular complexity index is 378. The molecule has 0 aliphatic rings. The van der Waals surface area contributed by atoms with E-state index in [1.165, 1.54) is 7.11 Å². The van der Waals surface area contributed by atoms with E-state index in [9.17, 15) is 9.90 Å². The molecule has 19 heavy (non-hydrogen) atoms. The molecule has 5 heteroatoms. The zero-order valence-electron chi connectivity index (χ0n) is 11.5. The number of methoxy groups -OCH3 is 1. The van der Waals surface area contributed by atoms with Gasteiger partial charge in [-0.2, -0.15) is 0 Å². The average molecular weight is 267 g/mol. The van der Waals surface area contributed by atoms with Crippen molar-refractivity contribution in [3.63, 3.8) is 0 Å². The standard InChI is InChI=1S/C14H21NO4/c1-3-4-9-19-14(17)8-6-12(16)11-5-7-13(18-2)15-10-11/h5,7,10,12,16H,3-4,6,8-9H2,1-2H3. The molecule has 0 aliphatic carbocycles. The Labute approximate surface area is 113 Å². The normalized spacial score (nSPS) is 11.9. The molecule has 0 saturated carbocycles. The van der Waals surface area contributed by atoms with Gasteiger partial charge in [0, 0.05) is 18.7 Å². The van der Waals surface area contributed by atoms with Gasteiger partial charge in [0.25, 0.3) is 0 Å². The summed E-state index contributed by atoms with van der Waals surface area (Å²) in [5.74, 6) is 0.226. The Hall–Kier alpha value is -1.62. The van der Waals surface area contributed by atoms with Crippen molar-refractivity contribution in [2.45, 2.75) is 38.7 Å². The van der Waals surface area contributed by atoms with Crippen LogP contribution in [0.3, 0.4) is 0 Å². The lowest BCUT2D eigenvalue weighted by Crippen LogP contribution is -2.08. The van der Waals surface area contributed by atoms with Crippen molar-refractivity contribution < 1.29 is 19.4 Å². The first-order chi connectivity index (χ1) is 9.17. The first kappa shape index (κ1) is 15.4. The molecule has 5 nitrogen and oxygen atoms in total. The van der Waals surface area contributed by atoms with Crippen LogP contribution < -0.4 is 4.74 Å². The third-order valence-electron chi connectivity index (χ3n) is 2.74. The van der Waals surface area contributed by atoms with Crippen molar-refractivity contribution in [3.8, 4) is 5.88 Å². The van der Waals surface area contributed by atoms with Crippen molar-refractivity contribution in [2.75, 3.05) is 13.7 Å². The van der Waals surface area contributed by atoms with Crippen LogP contribution in [0.4, 0.5) is 0 Å². The molecule has 0 fully saturated rings. The molecule has 0 bridgehead atoms. The number of carbonyl (C=O) groups excluding carboxylic acids is 1. The molecule has 1 N–H and O–H groups in total. The zero-order valence-corrected chi connectivity index (χ0v) is 11.5. The Morgan fingerprint density at radius 2 is 2.26 bits per heavy atom. The average Bonchev–Trinajstić information content (AvgIpc) is 2.45. The number of nitrogens with zero attached hydrogens (tertiary/aromatic N) is 1. The summed E-state index contributed by atoms with van der Waals surface area (Å²) in [6.45, 7) is 2.49. The lowest BCUT2D eigenvalue weighted by molar-refractivity contribution is -0.144. The second-order valence-corrected chi connectivity index (χ2v) is 4.26. The molecule has 0 radical (unpaired) electrons. The summed E-state index contributed by atoms with van der Waals surface area (Å²) in [5, 5.41) is 9.92.